The SMILES string of the molecule is CCc1ccc(OC(F)F)c(CC)c1. The molecule has 0 saturated carbocycles. The molecule has 14 heavy (non-hydrogen) atoms. The number of ether oxygens (including phenoxy) is 1. The molecule has 0 bridgehead atoms. The number of aryl methyl sites for hydroxylation is 2. The lowest BCUT2D eigenvalue weighted by Crippen LogP contribution is -2.04. The molecule has 1 aromatic carbocycles. The molecule has 0 aliphatic carbocycles. The maximum absolute atomic E-state index is 12.0. The van der Waals surface area contributed by atoms with E-state index >= 15 is 0 Å². The Hall–Kier alpha value is -1.12. The summed E-state index contributed by atoms with van der Waals surface area (Å²) in [5, 5.41) is 0. The van der Waals surface area contributed by atoms with Crippen molar-refractivity contribution in [1.82, 2.24) is 0 Å². The Morgan fingerprint density at radius 2 is 1.93 bits per heavy atom. The maximum atomic E-state index is 12.0. The molecule has 1 rings (SSSR count). The lowest BCUT2D eigenvalue weighted by molar-refractivity contribution is -0.0504. The van der Waals surface area contributed by atoms with Crippen LogP contribution in [-0.2, 0) is 12.8 Å². The van der Waals surface area contributed by atoms with Crippen molar-refractivity contribution in [3.63, 3.8) is 0 Å². The van der Waals surface area contributed by atoms with E-state index in [2.05, 4.69) is 4.74 Å². The number of hydrogen-bond acceptors (Lipinski definition) is 1. The van der Waals surface area contributed by atoms with Crippen LogP contribution in [0.2, 0.25) is 0 Å². The van der Waals surface area contributed by atoms with Gasteiger partial charge >= 0.3 is 6.61 Å². The summed E-state index contributed by atoms with van der Waals surface area (Å²) in [5.41, 5.74) is 1.98. The largest absolute Gasteiger partial charge is 0.435 e. The zero-order chi connectivity index (χ0) is 10.6. The quantitative estimate of drug-likeness (QED) is 0.723. The van der Waals surface area contributed by atoms with Gasteiger partial charge in [0.1, 0.15) is 5.75 Å². The minimum absolute atomic E-state index is 0.291. The first-order chi connectivity index (χ1) is 6.67. The number of hydrogen-bond donors (Lipinski definition) is 0. The van der Waals surface area contributed by atoms with E-state index in [4.69, 9.17) is 0 Å². The van der Waals surface area contributed by atoms with E-state index in [9.17, 15) is 8.78 Å². The van der Waals surface area contributed by atoms with E-state index in [0.29, 0.717) is 12.2 Å². The number of benzene rings is 1. The van der Waals surface area contributed by atoms with Crippen molar-refractivity contribution in [2.45, 2.75) is 33.3 Å². The second kappa shape index (κ2) is 4.94. The van der Waals surface area contributed by atoms with Crippen LogP contribution in [0, 0.1) is 0 Å². The Bertz CT molecular complexity index is 297. The number of halogens is 2. The van der Waals surface area contributed by atoms with Crippen molar-refractivity contribution >= 4 is 0 Å². The summed E-state index contributed by atoms with van der Waals surface area (Å²) in [6.07, 6.45) is 1.61. The van der Waals surface area contributed by atoms with Crippen LogP contribution in [0.1, 0.15) is 25.0 Å². The Kier molecular flexibility index (Phi) is 3.86. The van der Waals surface area contributed by atoms with Crippen LogP contribution >= 0.6 is 0 Å². The smallest absolute Gasteiger partial charge is 0.387 e. The molecule has 0 radical (unpaired) electrons. The predicted molar refractivity (Wildman–Crippen MR) is 51.8 cm³/mol. The second-order valence-corrected chi connectivity index (χ2v) is 3.03. The van der Waals surface area contributed by atoms with Crippen LogP contribution in [0.25, 0.3) is 0 Å². The van der Waals surface area contributed by atoms with E-state index in [0.717, 1.165) is 17.5 Å². The van der Waals surface area contributed by atoms with E-state index in [1.807, 2.05) is 26.0 Å². The van der Waals surface area contributed by atoms with Crippen LogP contribution in [-0.4, -0.2) is 6.61 Å². The predicted octanol–water partition coefficient (Wildman–Crippen LogP) is 3.41. The molecular weight excluding hydrogens is 186 g/mol. The van der Waals surface area contributed by atoms with Crippen molar-refractivity contribution in [3.05, 3.63) is 29.3 Å². The van der Waals surface area contributed by atoms with Gasteiger partial charge in [0.15, 0.2) is 0 Å². The summed E-state index contributed by atoms with van der Waals surface area (Å²) >= 11 is 0. The first-order valence-corrected chi connectivity index (χ1v) is 4.74. The summed E-state index contributed by atoms with van der Waals surface area (Å²) in [6, 6.07) is 5.35. The molecule has 0 aliphatic rings. The van der Waals surface area contributed by atoms with Gasteiger partial charge in [0.25, 0.3) is 0 Å². The Labute approximate surface area is 82.7 Å². The van der Waals surface area contributed by atoms with Gasteiger partial charge in [-0.05, 0) is 30.0 Å². The third kappa shape index (κ3) is 2.69. The standard InChI is InChI=1S/C11H14F2O/c1-3-8-5-6-10(14-11(12)13)9(4-2)7-8/h5-7,11H,3-4H2,1-2H3. The molecule has 0 aliphatic heterocycles. The van der Waals surface area contributed by atoms with Crippen molar-refractivity contribution in [1.29, 1.82) is 0 Å². The van der Waals surface area contributed by atoms with Gasteiger partial charge in [-0.25, -0.2) is 0 Å². The van der Waals surface area contributed by atoms with Crippen LogP contribution in [0.15, 0.2) is 18.2 Å². The highest BCUT2D eigenvalue weighted by molar-refractivity contribution is 5.37. The Morgan fingerprint density at radius 3 is 2.43 bits per heavy atom. The highest BCUT2D eigenvalue weighted by Crippen LogP contribution is 2.22. The zero-order valence-electron chi connectivity index (χ0n) is 8.39. The fourth-order valence-corrected chi connectivity index (χ4v) is 1.34. The molecule has 0 atom stereocenters. The maximum Gasteiger partial charge on any atom is 0.387 e. The van der Waals surface area contributed by atoms with Crippen molar-refractivity contribution < 1.29 is 13.5 Å². The lowest BCUT2D eigenvalue weighted by atomic mass is 10.1. The van der Waals surface area contributed by atoms with Crippen LogP contribution < -0.4 is 4.74 Å². The van der Waals surface area contributed by atoms with Crippen LogP contribution in [0.4, 0.5) is 8.78 Å². The average Bonchev–Trinajstić information content (AvgIpc) is 2.17. The molecule has 78 valence electrons. The molecular formula is C11H14F2O. The van der Waals surface area contributed by atoms with Gasteiger partial charge in [0.05, 0.1) is 0 Å². The normalized spacial score (nSPS) is 10.6. The van der Waals surface area contributed by atoms with Gasteiger partial charge in [0, 0.05) is 0 Å². The summed E-state index contributed by atoms with van der Waals surface area (Å²) in [5.74, 6) is 0.291. The molecule has 0 unspecified atom stereocenters. The molecule has 0 amide bonds. The molecule has 0 aromatic heterocycles. The average molecular weight is 200 g/mol. The molecule has 1 nitrogen and oxygen atoms in total. The van der Waals surface area contributed by atoms with Crippen LogP contribution in [0.3, 0.4) is 0 Å². The molecule has 0 saturated heterocycles. The minimum atomic E-state index is -2.74. The van der Waals surface area contributed by atoms with Gasteiger partial charge in [-0.3, -0.25) is 0 Å². The summed E-state index contributed by atoms with van der Waals surface area (Å²) in [6.45, 7) is 1.21. The molecule has 1 aromatic rings. The first kappa shape index (κ1) is 11.0. The molecule has 3 heteroatoms. The van der Waals surface area contributed by atoms with Crippen LogP contribution in [0.5, 0.6) is 5.75 Å². The van der Waals surface area contributed by atoms with E-state index < -0.39 is 6.61 Å². The second-order valence-electron chi connectivity index (χ2n) is 3.03. The van der Waals surface area contributed by atoms with E-state index in [-0.39, 0.29) is 0 Å². The van der Waals surface area contributed by atoms with Gasteiger partial charge in [-0.15, -0.1) is 0 Å². The summed E-state index contributed by atoms with van der Waals surface area (Å²) < 4.78 is 28.4. The van der Waals surface area contributed by atoms with Gasteiger partial charge in [-0.1, -0.05) is 26.0 Å². The fraction of sp³-hybridized carbons (Fsp3) is 0.455. The highest BCUT2D eigenvalue weighted by atomic mass is 19.3. The third-order valence-corrected chi connectivity index (χ3v) is 2.13. The number of rotatable bonds is 4. The molecule has 0 N–H and O–H groups in total. The van der Waals surface area contributed by atoms with Crippen molar-refractivity contribution in [3.8, 4) is 5.75 Å². The van der Waals surface area contributed by atoms with Gasteiger partial charge in [-0.2, -0.15) is 8.78 Å². The molecule has 0 fully saturated rings. The Balaban J connectivity index is 2.93. The first-order valence-electron chi connectivity index (χ1n) is 4.74. The third-order valence-electron chi connectivity index (χ3n) is 2.13. The summed E-state index contributed by atoms with van der Waals surface area (Å²) in [7, 11) is 0. The van der Waals surface area contributed by atoms with Crippen molar-refractivity contribution in [2.75, 3.05) is 0 Å². The lowest BCUT2D eigenvalue weighted by Gasteiger charge is -2.10. The summed E-state index contributed by atoms with van der Waals surface area (Å²) in [4.78, 5) is 0. The highest BCUT2D eigenvalue weighted by Gasteiger charge is 2.08. The van der Waals surface area contributed by atoms with Gasteiger partial charge < -0.3 is 4.74 Å². The minimum Gasteiger partial charge on any atom is -0.435 e. The fourth-order valence-electron chi connectivity index (χ4n) is 1.34. The Morgan fingerprint density at radius 1 is 1.21 bits per heavy atom. The van der Waals surface area contributed by atoms with Crippen molar-refractivity contribution in [2.24, 2.45) is 0 Å². The zero-order valence-corrected chi connectivity index (χ0v) is 8.39. The van der Waals surface area contributed by atoms with E-state index in [1.54, 1.807) is 6.07 Å². The van der Waals surface area contributed by atoms with Gasteiger partial charge in [0.2, 0.25) is 0 Å². The molecule has 0 heterocycles. The topological polar surface area (TPSA) is 9.23 Å². The van der Waals surface area contributed by atoms with E-state index in [1.165, 1.54) is 0 Å². The molecule has 0 spiro atoms. The monoisotopic (exact) mass is 200 g/mol. The number of alkyl halides is 2.